The van der Waals surface area contributed by atoms with Crippen molar-refractivity contribution in [3.05, 3.63) is 42.5 Å². The van der Waals surface area contributed by atoms with Crippen molar-refractivity contribution < 1.29 is 9.90 Å². The van der Waals surface area contributed by atoms with Gasteiger partial charge in [0.25, 0.3) is 0 Å². The first kappa shape index (κ1) is 19.9. The van der Waals surface area contributed by atoms with E-state index >= 15 is 0 Å². The third-order valence-electron chi connectivity index (χ3n) is 5.56. The van der Waals surface area contributed by atoms with Crippen LogP contribution in [0.15, 0.2) is 42.5 Å². The molecule has 1 aliphatic heterocycles. The van der Waals surface area contributed by atoms with Gasteiger partial charge in [0.05, 0.1) is 18.0 Å². The van der Waals surface area contributed by atoms with Crippen LogP contribution in [-0.4, -0.2) is 44.4 Å². The molecule has 1 aromatic heterocycles. The van der Waals surface area contributed by atoms with Gasteiger partial charge in [-0.05, 0) is 34.9 Å². The SMILES string of the molecule is CCCCCCC(C(=O)O)N1CNc2cc(-c3ccccc3-c3nn[nH]n3)ccc21. The summed E-state index contributed by atoms with van der Waals surface area (Å²) in [4.78, 5) is 13.9. The second-order valence-electron chi connectivity index (χ2n) is 7.52. The molecule has 0 aliphatic carbocycles. The molecular weight excluding hydrogens is 380 g/mol. The Hall–Kier alpha value is -3.42. The maximum atomic E-state index is 11.9. The second kappa shape index (κ2) is 8.94. The molecule has 0 amide bonds. The van der Waals surface area contributed by atoms with E-state index in [0.29, 0.717) is 18.9 Å². The number of carbonyl (C=O) groups is 1. The molecule has 0 saturated heterocycles. The number of tetrazole rings is 1. The Morgan fingerprint density at radius 1 is 1.17 bits per heavy atom. The van der Waals surface area contributed by atoms with Crippen molar-refractivity contribution in [2.75, 3.05) is 16.9 Å². The van der Waals surface area contributed by atoms with Gasteiger partial charge in [-0.15, -0.1) is 10.2 Å². The van der Waals surface area contributed by atoms with Gasteiger partial charge in [-0.1, -0.05) is 62.9 Å². The standard InChI is InChI=1S/C22H26N6O2/c1-2-3-4-5-10-20(22(29)30)28-14-23-18-13-15(11-12-19(18)28)16-8-6-7-9-17(16)21-24-26-27-25-21/h6-9,11-13,20,23H,2-5,10,14H2,1H3,(H,29,30)(H,24,25,26,27). The highest BCUT2D eigenvalue weighted by molar-refractivity contribution is 5.89. The molecule has 0 radical (unpaired) electrons. The zero-order chi connectivity index (χ0) is 20.9. The van der Waals surface area contributed by atoms with Gasteiger partial charge in [-0.3, -0.25) is 0 Å². The maximum absolute atomic E-state index is 11.9. The summed E-state index contributed by atoms with van der Waals surface area (Å²) in [5, 5.41) is 27.5. The first-order valence-corrected chi connectivity index (χ1v) is 10.4. The van der Waals surface area contributed by atoms with Crippen molar-refractivity contribution in [3.63, 3.8) is 0 Å². The molecule has 2 heterocycles. The van der Waals surface area contributed by atoms with E-state index in [1.165, 1.54) is 0 Å². The summed E-state index contributed by atoms with van der Waals surface area (Å²) >= 11 is 0. The summed E-state index contributed by atoms with van der Waals surface area (Å²) < 4.78 is 0. The van der Waals surface area contributed by atoms with Crippen molar-refractivity contribution in [2.24, 2.45) is 0 Å². The number of rotatable bonds is 9. The Labute approximate surface area is 175 Å². The molecule has 3 N–H and O–H groups in total. The summed E-state index contributed by atoms with van der Waals surface area (Å²) in [6.45, 7) is 2.65. The fraction of sp³-hybridized carbons (Fsp3) is 0.364. The number of anilines is 2. The lowest BCUT2D eigenvalue weighted by Gasteiger charge is -2.26. The molecule has 1 unspecified atom stereocenters. The molecule has 2 aromatic carbocycles. The topological polar surface area (TPSA) is 107 Å². The number of carboxylic acid groups (broad SMARTS) is 1. The molecule has 3 aromatic rings. The van der Waals surface area contributed by atoms with Crippen LogP contribution >= 0.6 is 0 Å². The van der Waals surface area contributed by atoms with E-state index in [1.807, 2.05) is 41.3 Å². The lowest BCUT2D eigenvalue weighted by atomic mass is 9.98. The number of H-pyrrole nitrogens is 1. The molecule has 1 atom stereocenters. The number of aliphatic carboxylic acids is 1. The summed E-state index contributed by atoms with van der Waals surface area (Å²) in [6, 6.07) is 13.5. The molecular formula is C22H26N6O2. The number of carboxylic acids is 1. The third-order valence-corrected chi connectivity index (χ3v) is 5.56. The van der Waals surface area contributed by atoms with Gasteiger partial charge in [0.2, 0.25) is 5.82 Å². The fourth-order valence-corrected chi connectivity index (χ4v) is 4.01. The monoisotopic (exact) mass is 406 g/mol. The first-order chi connectivity index (χ1) is 14.7. The van der Waals surface area contributed by atoms with Gasteiger partial charge in [-0.25, -0.2) is 4.79 Å². The average molecular weight is 406 g/mol. The van der Waals surface area contributed by atoms with E-state index in [1.54, 1.807) is 0 Å². The lowest BCUT2D eigenvalue weighted by Crippen LogP contribution is -2.41. The highest BCUT2D eigenvalue weighted by Crippen LogP contribution is 2.39. The van der Waals surface area contributed by atoms with E-state index < -0.39 is 12.0 Å². The number of benzene rings is 2. The van der Waals surface area contributed by atoms with Crippen LogP contribution in [0.1, 0.15) is 39.0 Å². The van der Waals surface area contributed by atoms with E-state index in [4.69, 9.17) is 0 Å². The number of aromatic amines is 1. The Morgan fingerprint density at radius 3 is 2.73 bits per heavy atom. The lowest BCUT2D eigenvalue weighted by molar-refractivity contribution is -0.138. The minimum atomic E-state index is -0.771. The fourth-order valence-electron chi connectivity index (χ4n) is 4.01. The van der Waals surface area contributed by atoms with Crippen molar-refractivity contribution >= 4 is 17.3 Å². The summed E-state index contributed by atoms with van der Waals surface area (Å²) in [6.07, 6.45) is 4.93. The van der Waals surface area contributed by atoms with Crippen LogP contribution in [0.25, 0.3) is 22.5 Å². The molecule has 0 fully saturated rings. The van der Waals surface area contributed by atoms with Crippen LogP contribution in [0.3, 0.4) is 0 Å². The van der Waals surface area contributed by atoms with Crippen LogP contribution in [0.4, 0.5) is 11.4 Å². The number of nitrogens with zero attached hydrogens (tertiary/aromatic N) is 4. The van der Waals surface area contributed by atoms with Crippen molar-refractivity contribution in [3.8, 4) is 22.5 Å². The summed E-state index contributed by atoms with van der Waals surface area (Å²) in [5.41, 5.74) is 4.77. The highest BCUT2D eigenvalue weighted by Gasteiger charge is 2.30. The van der Waals surface area contributed by atoms with Gasteiger partial charge in [0.15, 0.2) is 0 Å². The molecule has 0 saturated carbocycles. The zero-order valence-corrected chi connectivity index (χ0v) is 17.0. The Bertz CT molecular complexity index is 1000. The van der Waals surface area contributed by atoms with Crippen LogP contribution in [-0.2, 0) is 4.79 Å². The second-order valence-corrected chi connectivity index (χ2v) is 7.52. The number of nitrogens with one attached hydrogen (secondary N) is 2. The molecule has 30 heavy (non-hydrogen) atoms. The minimum Gasteiger partial charge on any atom is -0.480 e. The van der Waals surface area contributed by atoms with Gasteiger partial charge in [0, 0.05) is 5.56 Å². The van der Waals surface area contributed by atoms with Crippen molar-refractivity contribution in [1.82, 2.24) is 20.6 Å². The van der Waals surface area contributed by atoms with Crippen molar-refractivity contribution in [2.45, 2.75) is 45.1 Å². The maximum Gasteiger partial charge on any atom is 0.326 e. The number of hydrogen-bond donors (Lipinski definition) is 3. The van der Waals surface area contributed by atoms with E-state index in [-0.39, 0.29) is 0 Å². The predicted molar refractivity (Wildman–Crippen MR) is 116 cm³/mol. The third kappa shape index (κ3) is 3.98. The van der Waals surface area contributed by atoms with Crippen molar-refractivity contribution in [1.29, 1.82) is 0 Å². The van der Waals surface area contributed by atoms with Crippen LogP contribution < -0.4 is 10.2 Å². The Kier molecular flexibility index (Phi) is 5.92. The number of hydrogen-bond acceptors (Lipinski definition) is 6. The Balaban J connectivity index is 1.60. The van der Waals surface area contributed by atoms with Crippen LogP contribution in [0.2, 0.25) is 0 Å². The smallest absolute Gasteiger partial charge is 0.326 e. The first-order valence-electron chi connectivity index (χ1n) is 10.4. The predicted octanol–water partition coefficient (Wildman–Crippen LogP) is 4.15. The van der Waals surface area contributed by atoms with Gasteiger partial charge in [-0.2, -0.15) is 5.21 Å². The zero-order valence-electron chi connectivity index (χ0n) is 17.0. The Morgan fingerprint density at radius 2 is 2.00 bits per heavy atom. The van der Waals surface area contributed by atoms with E-state index in [9.17, 15) is 9.90 Å². The molecule has 0 spiro atoms. The number of fused-ring (bicyclic) bond motifs is 1. The van der Waals surface area contributed by atoms with Gasteiger partial charge < -0.3 is 15.3 Å². The highest BCUT2D eigenvalue weighted by atomic mass is 16.4. The van der Waals surface area contributed by atoms with Crippen LogP contribution in [0.5, 0.6) is 0 Å². The molecule has 8 nitrogen and oxygen atoms in total. The van der Waals surface area contributed by atoms with Crippen LogP contribution in [0, 0.1) is 0 Å². The molecule has 8 heteroatoms. The number of unbranched alkanes of at least 4 members (excludes halogenated alkanes) is 3. The molecule has 156 valence electrons. The normalized spacial score (nSPS) is 13.7. The van der Waals surface area contributed by atoms with E-state index in [0.717, 1.165) is 53.7 Å². The number of aromatic nitrogens is 4. The van der Waals surface area contributed by atoms with Gasteiger partial charge >= 0.3 is 5.97 Å². The summed E-state index contributed by atoms with van der Waals surface area (Å²) in [5.74, 6) is -0.230. The molecule has 4 rings (SSSR count). The minimum absolute atomic E-state index is 0.496. The molecule has 1 aliphatic rings. The molecule has 0 bridgehead atoms. The largest absolute Gasteiger partial charge is 0.480 e. The summed E-state index contributed by atoms with van der Waals surface area (Å²) in [7, 11) is 0. The van der Waals surface area contributed by atoms with E-state index in [2.05, 4.69) is 38.9 Å². The quantitative estimate of drug-likeness (QED) is 0.458. The van der Waals surface area contributed by atoms with Gasteiger partial charge in [0.1, 0.15) is 6.04 Å². The average Bonchev–Trinajstić information content (AvgIpc) is 3.43.